The van der Waals surface area contributed by atoms with Crippen LogP contribution in [0.15, 0.2) is 53.8 Å². The minimum Gasteiger partial charge on any atom is -0.427 e. The largest absolute Gasteiger partial charge is 0.427 e. The van der Waals surface area contributed by atoms with Gasteiger partial charge in [0.2, 0.25) is 5.96 Å². The molecule has 4 N–H and O–H groups in total. The molecule has 0 bridgehead atoms. The van der Waals surface area contributed by atoms with Crippen molar-refractivity contribution in [3.63, 3.8) is 0 Å². The third-order valence-electron chi connectivity index (χ3n) is 5.72. The second-order valence-electron chi connectivity index (χ2n) is 8.44. The van der Waals surface area contributed by atoms with Gasteiger partial charge in [0.1, 0.15) is 5.75 Å². The topological polar surface area (TPSA) is 139 Å². The van der Waals surface area contributed by atoms with Crippen molar-refractivity contribution in [2.45, 2.75) is 39.0 Å². The average molecular weight is 481 g/mol. The molecule has 3 amide bonds. The summed E-state index contributed by atoms with van der Waals surface area (Å²) >= 11 is 0. The van der Waals surface area contributed by atoms with Gasteiger partial charge in [-0.15, -0.1) is 0 Å². The molecule has 10 nitrogen and oxygen atoms in total. The molecule has 1 aliphatic heterocycles. The van der Waals surface area contributed by atoms with Crippen LogP contribution in [0.25, 0.3) is 0 Å². The molecule has 35 heavy (non-hydrogen) atoms. The highest BCUT2D eigenvalue weighted by Crippen LogP contribution is 2.24. The minimum absolute atomic E-state index is 0.00255. The highest BCUT2D eigenvalue weighted by atomic mass is 16.5. The molecule has 0 atom stereocenters. The standard InChI is InChI=1S/C25H32N6O4/c1-18(32)35-22-9-7-20(8-10-22)23(33)31-15-11-19(12-16-31)5-2-3-14-28-25(30-24(26)34)29-21-6-4-13-27-17-21/h4,6-10,13,17,19H,2-3,5,11-12,14-16H2,1H3,(H4,26,28,29,30,34). The van der Waals surface area contributed by atoms with Gasteiger partial charge in [-0.25, -0.2) is 4.79 Å². The number of guanidine groups is 1. The van der Waals surface area contributed by atoms with E-state index >= 15 is 0 Å². The number of esters is 1. The van der Waals surface area contributed by atoms with Crippen molar-refractivity contribution in [1.29, 1.82) is 0 Å². The van der Waals surface area contributed by atoms with E-state index in [-0.39, 0.29) is 11.9 Å². The van der Waals surface area contributed by atoms with E-state index in [1.807, 2.05) is 11.0 Å². The van der Waals surface area contributed by atoms with Crippen LogP contribution in [0.5, 0.6) is 5.75 Å². The van der Waals surface area contributed by atoms with Crippen molar-refractivity contribution in [3.05, 3.63) is 54.4 Å². The number of aromatic nitrogens is 1. The summed E-state index contributed by atoms with van der Waals surface area (Å²) in [6.45, 7) is 3.36. The Morgan fingerprint density at radius 1 is 1.14 bits per heavy atom. The molecule has 1 fully saturated rings. The van der Waals surface area contributed by atoms with Gasteiger partial charge in [-0.05, 0) is 61.6 Å². The van der Waals surface area contributed by atoms with E-state index in [1.165, 1.54) is 6.92 Å². The molecule has 0 saturated carbocycles. The van der Waals surface area contributed by atoms with Crippen LogP contribution in [0.1, 0.15) is 49.4 Å². The van der Waals surface area contributed by atoms with Crippen LogP contribution >= 0.6 is 0 Å². The predicted molar refractivity (Wildman–Crippen MR) is 133 cm³/mol. The van der Waals surface area contributed by atoms with Crippen LogP contribution in [0, 0.1) is 5.92 Å². The van der Waals surface area contributed by atoms with Gasteiger partial charge in [0, 0.05) is 38.3 Å². The van der Waals surface area contributed by atoms with Crippen LogP contribution < -0.4 is 21.1 Å². The average Bonchev–Trinajstić information content (AvgIpc) is 2.84. The Kier molecular flexibility index (Phi) is 9.58. The van der Waals surface area contributed by atoms with E-state index in [4.69, 9.17) is 10.5 Å². The molecule has 0 spiro atoms. The highest BCUT2D eigenvalue weighted by molar-refractivity contribution is 6.03. The lowest BCUT2D eigenvalue weighted by Gasteiger charge is -2.32. The number of urea groups is 1. The molecule has 1 saturated heterocycles. The smallest absolute Gasteiger partial charge is 0.318 e. The summed E-state index contributed by atoms with van der Waals surface area (Å²) in [7, 11) is 0. The zero-order valence-corrected chi connectivity index (χ0v) is 19.9. The first-order chi connectivity index (χ1) is 16.9. The van der Waals surface area contributed by atoms with Crippen LogP contribution in [0.4, 0.5) is 10.5 Å². The second-order valence-corrected chi connectivity index (χ2v) is 8.44. The van der Waals surface area contributed by atoms with Crippen molar-refractivity contribution < 1.29 is 19.1 Å². The number of unbranched alkanes of at least 4 members (excludes halogenated alkanes) is 1. The molecule has 10 heteroatoms. The Bertz CT molecular complexity index is 1020. The molecule has 1 aromatic heterocycles. The van der Waals surface area contributed by atoms with E-state index in [2.05, 4.69) is 20.6 Å². The van der Waals surface area contributed by atoms with Gasteiger partial charge < -0.3 is 20.7 Å². The molecule has 0 unspecified atom stereocenters. The Morgan fingerprint density at radius 2 is 1.89 bits per heavy atom. The normalized spacial score (nSPS) is 14.3. The molecule has 0 radical (unpaired) electrons. The molecule has 3 rings (SSSR count). The zero-order valence-electron chi connectivity index (χ0n) is 19.9. The number of rotatable bonds is 8. The van der Waals surface area contributed by atoms with Crippen LogP contribution in [-0.4, -0.2) is 53.4 Å². The van der Waals surface area contributed by atoms with Crippen molar-refractivity contribution >= 4 is 29.6 Å². The number of hydrogen-bond acceptors (Lipinski definition) is 6. The van der Waals surface area contributed by atoms with Crippen molar-refractivity contribution in [2.24, 2.45) is 16.6 Å². The van der Waals surface area contributed by atoms with Crippen LogP contribution in [0.3, 0.4) is 0 Å². The van der Waals surface area contributed by atoms with Crippen molar-refractivity contribution in [2.75, 3.05) is 25.0 Å². The number of carbonyl (C=O) groups is 3. The Morgan fingerprint density at radius 3 is 2.51 bits per heavy atom. The van der Waals surface area contributed by atoms with Crippen molar-refractivity contribution in [1.82, 2.24) is 15.2 Å². The van der Waals surface area contributed by atoms with Gasteiger partial charge in [-0.1, -0.05) is 12.8 Å². The van der Waals surface area contributed by atoms with Crippen LogP contribution in [0.2, 0.25) is 0 Å². The number of aliphatic imine (C=N–C) groups is 1. The lowest BCUT2D eigenvalue weighted by Crippen LogP contribution is -2.39. The van der Waals surface area contributed by atoms with Crippen LogP contribution in [-0.2, 0) is 4.79 Å². The molecule has 1 aromatic carbocycles. The summed E-state index contributed by atoms with van der Waals surface area (Å²) in [5.74, 6) is 0.927. The fourth-order valence-corrected chi connectivity index (χ4v) is 3.97. The first-order valence-electron chi connectivity index (χ1n) is 11.8. The van der Waals surface area contributed by atoms with E-state index in [0.29, 0.717) is 35.4 Å². The quantitative estimate of drug-likeness (QED) is 0.174. The fourth-order valence-electron chi connectivity index (χ4n) is 3.97. The number of benzene rings is 1. The lowest BCUT2D eigenvalue weighted by molar-refractivity contribution is -0.131. The number of ether oxygens (including phenoxy) is 1. The number of primary amides is 1. The first kappa shape index (κ1) is 25.7. The van der Waals surface area contributed by atoms with E-state index in [9.17, 15) is 14.4 Å². The zero-order chi connectivity index (χ0) is 25.0. The molecular weight excluding hydrogens is 448 g/mol. The lowest BCUT2D eigenvalue weighted by atomic mass is 9.91. The number of nitrogens with one attached hydrogen (secondary N) is 2. The number of hydrogen-bond donors (Lipinski definition) is 3. The molecule has 1 aliphatic rings. The summed E-state index contributed by atoms with van der Waals surface area (Å²) < 4.78 is 5.02. The van der Waals surface area contributed by atoms with E-state index in [0.717, 1.165) is 45.2 Å². The maximum absolute atomic E-state index is 12.8. The van der Waals surface area contributed by atoms with Gasteiger partial charge >= 0.3 is 12.0 Å². The van der Waals surface area contributed by atoms with Gasteiger partial charge in [-0.3, -0.25) is 24.9 Å². The number of carbonyl (C=O) groups excluding carboxylic acids is 3. The molecule has 2 aromatic rings. The predicted octanol–water partition coefficient (Wildman–Crippen LogP) is 3.17. The van der Waals surface area contributed by atoms with E-state index in [1.54, 1.807) is 42.7 Å². The first-order valence-corrected chi connectivity index (χ1v) is 11.8. The number of pyridine rings is 1. The Hall–Kier alpha value is -3.95. The summed E-state index contributed by atoms with van der Waals surface area (Å²) in [6.07, 6.45) is 8.20. The maximum Gasteiger partial charge on any atom is 0.318 e. The number of likely N-dealkylation sites (tertiary alicyclic amines) is 1. The SMILES string of the molecule is CC(=O)Oc1ccc(C(=O)N2CCC(CCCCN=C(NC(N)=O)Nc3cccnc3)CC2)cc1. The Labute approximate surface area is 205 Å². The monoisotopic (exact) mass is 480 g/mol. The molecular formula is C25H32N6O4. The maximum atomic E-state index is 12.8. The summed E-state index contributed by atoms with van der Waals surface area (Å²) in [4.78, 5) is 45.4. The Balaban J connectivity index is 1.38. The number of anilines is 1. The second kappa shape index (κ2) is 13.1. The third kappa shape index (κ3) is 8.73. The van der Waals surface area contributed by atoms with Crippen molar-refractivity contribution in [3.8, 4) is 5.75 Å². The van der Waals surface area contributed by atoms with Gasteiger partial charge in [-0.2, -0.15) is 0 Å². The summed E-state index contributed by atoms with van der Waals surface area (Å²) in [5.41, 5.74) is 6.54. The number of nitrogens with two attached hydrogens (primary N) is 1. The molecule has 0 aliphatic carbocycles. The minimum atomic E-state index is -0.679. The summed E-state index contributed by atoms with van der Waals surface area (Å²) in [6, 6.07) is 9.59. The summed E-state index contributed by atoms with van der Waals surface area (Å²) in [5, 5.41) is 5.51. The molecule has 186 valence electrons. The number of amides is 3. The third-order valence-corrected chi connectivity index (χ3v) is 5.72. The highest BCUT2D eigenvalue weighted by Gasteiger charge is 2.23. The number of nitrogens with zero attached hydrogens (tertiary/aromatic N) is 3. The molecule has 2 heterocycles. The van der Waals surface area contributed by atoms with Gasteiger partial charge in [0.15, 0.2) is 0 Å². The van der Waals surface area contributed by atoms with E-state index < -0.39 is 6.03 Å². The van der Waals surface area contributed by atoms with Gasteiger partial charge in [0.25, 0.3) is 5.91 Å². The van der Waals surface area contributed by atoms with Gasteiger partial charge in [0.05, 0.1) is 11.9 Å². The fraction of sp³-hybridized carbons (Fsp3) is 0.400. The number of piperidine rings is 1.